The number of ether oxygens (including phenoxy) is 1. The predicted molar refractivity (Wildman–Crippen MR) is 40.6 cm³/mol. The number of hydrogen-bond acceptors (Lipinski definition) is 2. The molecule has 10 heavy (non-hydrogen) atoms. The molecule has 0 spiro atoms. The Hall–Kier alpha value is -0.410. The standard InChI is InChI=1S/C7H6BrNO/c8-7-3-1-2-5(9-7)6-4-10-6/h1-3,6H,4H2/t6-/m1/s1. The Balaban J connectivity index is 2.32. The van der Waals surface area contributed by atoms with E-state index in [2.05, 4.69) is 20.9 Å². The van der Waals surface area contributed by atoms with E-state index >= 15 is 0 Å². The molecule has 1 atom stereocenters. The van der Waals surface area contributed by atoms with Crippen LogP contribution in [0.4, 0.5) is 0 Å². The monoisotopic (exact) mass is 199 g/mol. The number of epoxide rings is 1. The van der Waals surface area contributed by atoms with Crippen molar-refractivity contribution in [3.63, 3.8) is 0 Å². The first-order valence-electron chi connectivity index (χ1n) is 3.10. The summed E-state index contributed by atoms with van der Waals surface area (Å²) in [6, 6.07) is 5.85. The molecule has 3 heteroatoms. The van der Waals surface area contributed by atoms with E-state index in [1.807, 2.05) is 18.2 Å². The van der Waals surface area contributed by atoms with Crippen molar-refractivity contribution in [2.24, 2.45) is 0 Å². The van der Waals surface area contributed by atoms with E-state index in [1.54, 1.807) is 0 Å². The normalized spacial score (nSPS) is 22.7. The summed E-state index contributed by atoms with van der Waals surface area (Å²) in [4.78, 5) is 4.23. The van der Waals surface area contributed by atoms with Crippen molar-refractivity contribution in [1.82, 2.24) is 4.98 Å². The highest BCUT2D eigenvalue weighted by atomic mass is 79.9. The van der Waals surface area contributed by atoms with E-state index in [1.165, 1.54) is 0 Å². The molecule has 0 radical (unpaired) electrons. The molecule has 0 unspecified atom stereocenters. The molecular weight excluding hydrogens is 194 g/mol. The first-order chi connectivity index (χ1) is 4.86. The molecule has 1 fully saturated rings. The van der Waals surface area contributed by atoms with Crippen molar-refractivity contribution in [3.8, 4) is 0 Å². The molecule has 2 nitrogen and oxygen atoms in total. The fourth-order valence-electron chi connectivity index (χ4n) is 0.822. The van der Waals surface area contributed by atoms with E-state index in [-0.39, 0.29) is 6.10 Å². The molecule has 1 saturated heterocycles. The summed E-state index contributed by atoms with van der Waals surface area (Å²) in [5.74, 6) is 0. The number of nitrogens with zero attached hydrogens (tertiary/aromatic N) is 1. The van der Waals surface area contributed by atoms with Gasteiger partial charge in [0.15, 0.2) is 0 Å². The summed E-state index contributed by atoms with van der Waals surface area (Å²) in [7, 11) is 0. The van der Waals surface area contributed by atoms with Gasteiger partial charge in [-0.25, -0.2) is 4.98 Å². The number of pyridine rings is 1. The second-order valence-electron chi connectivity index (χ2n) is 2.21. The third-order valence-corrected chi connectivity index (χ3v) is 1.84. The molecule has 1 aromatic rings. The van der Waals surface area contributed by atoms with Gasteiger partial charge in [0.25, 0.3) is 0 Å². The average Bonchev–Trinajstić information content (AvgIpc) is 2.68. The Morgan fingerprint density at radius 1 is 1.60 bits per heavy atom. The van der Waals surface area contributed by atoms with Gasteiger partial charge in [0.1, 0.15) is 10.7 Å². The molecule has 0 amide bonds. The van der Waals surface area contributed by atoms with Gasteiger partial charge in [-0.15, -0.1) is 0 Å². The molecule has 2 heterocycles. The maximum Gasteiger partial charge on any atom is 0.123 e. The van der Waals surface area contributed by atoms with E-state index in [0.29, 0.717) is 0 Å². The van der Waals surface area contributed by atoms with Gasteiger partial charge in [-0.2, -0.15) is 0 Å². The predicted octanol–water partition coefficient (Wildman–Crippen LogP) is 1.92. The van der Waals surface area contributed by atoms with Crippen LogP contribution in [0.25, 0.3) is 0 Å². The molecule has 1 aromatic heterocycles. The van der Waals surface area contributed by atoms with E-state index in [4.69, 9.17) is 4.74 Å². The van der Waals surface area contributed by atoms with Crippen molar-refractivity contribution in [1.29, 1.82) is 0 Å². The maximum atomic E-state index is 5.07. The molecule has 52 valence electrons. The van der Waals surface area contributed by atoms with Crippen LogP contribution in [0, 0.1) is 0 Å². The molecule has 0 N–H and O–H groups in total. The smallest absolute Gasteiger partial charge is 0.123 e. The Morgan fingerprint density at radius 2 is 2.40 bits per heavy atom. The van der Waals surface area contributed by atoms with Crippen molar-refractivity contribution in [2.75, 3.05) is 6.61 Å². The van der Waals surface area contributed by atoms with Gasteiger partial charge in [-0.3, -0.25) is 0 Å². The van der Waals surface area contributed by atoms with Crippen molar-refractivity contribution >= 4 is 15.9 Å². The number of aromatic nitrogens is 1. The average molecular weight is 200 g/mol. The highest BCUT2D eigenvalue weighted by Gasteiger charge is 2.25. The third kappa shape index (κ3) is 1.20. The highest BCUT2D eigenvalue weighted by Crippen LogP contribution is 2.28. The summed E-state index contributed by atoms with van der Waals surface area (Å²) in [5, 5.41) is 0. The zero-order chi connectivity index (χ0) is 6.97. The van der Waals surface area contributed by atoms with E-state index in [0.717, 1.165) is 16.9 Å². The molecule has 0 aromatic carbocycles. The second kappa shape index (κ2) is 2.32. The lowest BCUT2D eigenvalue weighted by atomic mass is 10.3. The van der Waals surface area contributed by atoms with Crippen LogP contribution in [0.3, 0.4) is 0 Å². The topological polar surface area (TPSA) is 25.4 Å². The Kier molecular flexibility index (Phi) is 1.47. The van der Waals surface area contributed by atoms with Crippen molar-refractivity contribution in [2.45, 2.75) is 6.10 Å². The largest absolute Gasteiger partial charge is 0.366 e. The van der Waals surface area contributed by atoms with Crippen LogP contribution in [0.15, 0.2) is 22.8 Å². The van der Waals surface area contributed by atoms with Crippen molar-refractivity contribution in [3.05, 3.63) is 28.5 Å². The molecule has 2 rings (SSSR count). The Labute approximate surface area is 67.4 Å². The van der Waals surface area contributed by atoms with Crippen LogP contribution in [-0.2, 0) is 4.74 Å². The molecular formula is C7H6BrNO. The zero-order valence-electron chi connectivity index (χ0n) is 5.25. The minimum absolute atomic E-state index is 0.262. The quantitative estimate of drug-likeness (QED) is 0.511. The summed E-state index contributed by atoms with van der Waals surface area (Å²) in [6.07, 6.45) is 0.262. The van der Waals surface area contributed by atoms with Gasteiger partial charge in [0.2, 0.25) is 0 Å². The van der Waals surface area contributed by atoms with Gasteiger partial charge >= 0.3 is 0 Å². The van der Waals surface area contributed by atoms with Crippen LogP contribution >= 0.6 is 15.9 Å². The number of rotatable bonds is 1. The highest BCUT2D eigenvalue weighted by molar-refractivity contribution is 9.10. The first kappa shape index (κ1) is 6.31. The number of halogens is 1. The lowest BCUT2D eigenvalue weighted by molar-refractivity contribution is 0.411. The summed E-state index contributed by atoms with van der Waals surface area (Å²) in [5.41, 5.74) is 1.02. The summed E-state index contributed by atoms with van der Waals surface area (Å²) in [6.45, 7) is 0.823. The van der Waals surface area contributed by atoms with Crippen LogP contribution in [0.2, 0.25) is 0 Å². The molecule has 0 saturated carbocycles. The third-order valence-electron chi connectivity index (χ3n) is 1.40. The molecule has 1 aliphatic heterocycles. The fourth-order valence-corrected chi connectivity index (χ4v) is 1.18. The van der Waals surface area contributed by atoms with E-state index in [9.17, 15) is 0 Å². The molecule has 1 aliphatic rings. The molecule has 0 aliphatic carbocycles. The van der Waals surface area contributed by atoms with Crippen LogP contribution in [0.1, 0.15) is 11.8 Å². The zero-order valence-corrected chi connectivity index (χ0v) is 6.84. The maximum absolute atomic E-state index is 5.07. The molecule has 0 bridgehead atoms. The fraction of sp³-hybridized carbons (Fsp3) is 0.286. The van der Waals surface area contributed by atoms with Gasteiger partial charge in [0.05, 0.1) is 12.3 Å². The Morgan fingerprint density at radius 3 is 3.00 bits per heavy atom. The number of hydrogen-bond donors (Lipinski definition) is 0. The van der Waals surface area contributed by atoms with Crippen molar-refractivity contribution < 1.29 is 4.74 Å². The second-order valence-corrected chi connectivity index (χ2v) is 3.02. The van der Waals surface area contributed by atoms with Crippen LogP contribution in [0.5, 0.6) is 0 Å². The minimum Gasteiger partial charge on any atom is -0.366 e. The minimum atomic E-state index is 0.262. The first-order valence-corrected chi connectivity index (χ1v) is 3.89. The summed E-state index contributed by atoms with van der Waals surface area (Å²) >= 11 is 3.29. The van der Waals surface area contributed by atoms with E-state index < -0.39 is 0 Å². The van der Waals surface area contributed by atoms with Gasteiger partial charge in [-0.05, 0) is 28.1 Å². The lowest BCUT2D eigenvalue weighted by Gasteiger charge is -1.93. The van der Waals surface area contributed by atoms with Gasteiger partial charge < -0.3 is 4.74 Å². The SMILES string of the molecule is Brc1cccc([C@H]2CO2)n1. The Bertz CT molecular complexity index is 247. The van der Waals surface area contributed by atoms with Crippen LogP contribution in [-0.4, -0.2) is 11.6 Å². The summed E-state index contributed by atoms with van der Waals surface area (Å²) < 4.78 is 5.94. The van der Waals surface area contributed by atoms with Gasteiger partial charge in [-0.1, -0.05) is 6.07 Å². The lowest BCUT2D eigenvalue weighted by Crippen LogP contribution is -1.85. The van der Waals surface area contributed by atoms with Gasteiger partial charge in [0, 0.05) is 0 Å². The van der Waals surface area contributed by atoms with Crippen LogP contribution < -0.4 is 0 Å².